The monoisotopic (exact) mass is 410 g/mol. The summed E-state index contributed by atoms with van der Waals surface area (Å²) < 4.78 is 7.61. The second-order valence-corrected chi connectivity index (χ2v) is 8.66. The summed E-state index contributed by atoms with van der Waals surface area (Å²) in [7, 11) is 0. The summed E-state index contributed by atoms with van der Waals surface area (Å²) in [6, 6.07) is 15.1. The number of carbonyl (C=O) groups excluding carboxylic acids is 1. The van der Waals surface area contributed by atoms with Gasteiger partial charge in [0, 0.05) is 29.4 Å². The average Bonchev–Trinajstić information content (AvgIpc) is 3.52. The van der Waals surface area contributed by atoms with Crippen molar-refractivity contribution in [3.8, 4) is 5.69 Å². The Labute approximate surface area is 193 Å². The Kier molecular flexibility index (Phi) is 5.97. The standard InChI is InChI=1S/C24H22N2O2S.Li.H/c1-15(2)24(27)28-29-23-14-26(22-11-12-25-13-20(22)23)21-10-9-17(16-7-8-16)18-5-3-4-6-19(18)21;;/h3-6,9-16H,7-8H2,1-2H3;;/q;+1;-1. The summed E-state index contributed by atoms with van der Waals surface area (Å²) in [6.07, 6.45) is 8.24. The van der Waals surface area contributed by atoms with E-state index >= 15 is 0 Å². The Morgan fingerprint density at radius 3 is 2.63 bits per heavy atom. The van der Waals surface area contributed by atoms with Crippen LogP contribution in [0, 0.1) is 5.92 Å². The number of pyridine rings is 1. The second kappa shape index (κ2) is 8.51. The number of nitrogens with zero attached hydrogens (tertiary/aromatic N) is 2. The van der Waals surface area contributed by atoms with Crippen LogP contribution in [0.5, 0.6) is 0 Å². The van der Waals surface area contributed by atoms with Gasteiger partial charge in [0.1, 0.15) is 0 Å². The molecule has 4 aromatic rings. The molecule has 1 aliphatic rings. The van der Waals surface area contributed by atoms with Crippen LogP contribution in [0.2, 0.25) is 0 Å². The van der Waals surface area contributed by atoms with E-state index in [9.17, 15) is 4.79 Å². The van der Waals surface area contributed by atoms with Crippen LogP contribution in [-0.2, 0) is 8.98 Å². The molecule has 5 rings (SSSR count). The van der Waals surface area contributed by atoms with Gasteiger partial charge >= 0.3 is 24.8 Å². The first-order valence-corrected chi connectivity index (χ1v) is 10.7. The SMILES string of the molecule is CC(C)C(=O)OSc1cn(-c2ccc(C3CC3)c3ccccc23)c2ccncc12.[H-].[Li+]. The zero-order valence-corrected chi connectivity index (χ0v) is 18.3. The summed E-state index contributed by atoms with van der Waals surface area (Å²) in [5, 5.41) is 3.54. The van der Waals surface area contributed by atoms with Crippen molar-refractivity contribution in [1.29, 1.82) is 0 Å². The normalized spacial score (nSPS) is 13.6. The van der Waals surface area contributed by atoms with E-state index in [2.05, 4.69) is 45.9 Å². The molecule has 0 amide bonds. The van der Waals surface area contributed by atoms with Crippen LogP contribution in [0.1, 0.15) is 39.6 Å². The molecule has 4 nitrogen and oxygen atoms in total. The summed E-state index contributed by atoms with van der Waals surface area (Å²) in [4.78, 5) is 17.1. The smallest absolute Gasteiger partial charge is 1.00 e. The molecule has 0 N–H and O–H groups in total. The molecule has 1 fully saturated rings. The van der Waals surface area contributed by atoms with E-state index in [4.69, 9.17) is 4.18 Å². The molecular weight excluding hydrogens is 387 g/mol. The molecule has 2 aromatic heterocycles. The van der Waals surface area contributed by atoms with Crippen LogP contribution in [-0.4, -0.2) is 15.5 Å². The van der Waals surface area contributed by atoms with Gasteiger partial charge in [0.2, 0.25) is 0 Å². The third kappa shape index (κ3) is 3.78. The molecule has 0 aliphatic heterocycles. The summed E-state index contributed by atoms with van der Waals surface area (Å²) in [5.74, 6) is 0.313. The van der Waals surface area contributed by atoms with Crippen LogP contribution in [0.3, 0.4) is 0 Å². The van der Waals surface area contributed by atoms with Crippen molar-refractivity contribution < 1.29 is 29.3 Å². The molecule has 0 spiro atoms. The van der Waals surface area contributed by atoms with Crippen LogP contribution >= 0.6 is 12.0 Å². The van der Waals surface area contributed by atoms with Gasteiger partial charge in [-0.05, 0) is 41.8 Å². The van der Waals surface area contributed by atoms with E-state index in [1.165, 1.54) is 29.2 Å². The zero-order chi connectivity index (χ0) is 20.0. The third-order valence-corrected chi connectivity index (χ3v) is 6.22. The van der Waals surface area contributed by atoms with Crippen molar-refractivity contribution in [3.63, 3.8) is 0 Å². The Balaban J connectivity index is 0.00000136. The van der Waals surface area contributed by atoms with E-state index < -0.39 is 0 Å². The van der Waals surface area contributed by atoms with Gasteiger partial charge in [-0.1, -0.05) is 44.2 Å². The molecule has 0 unspecified atom stereocenters. The molecule has 1 saturated carbocycles. The molecule has 0 bridgehead atoms. The molecule has 2 heterocycles. The van der Waals surface area contributed by atoms with E-state index in [0.29, 0.717) is 5.92 Å². The first kappa shape index (κ1) is 21.1. The molecule has 0 atom stereocenters. The van der Waals surface area contributed by atoms with Gasteiger partial charge in [-0.25, -0.2) is 0 Å². The van der Waals surface area contributed by atoms with Crippen LogP contribution < -0.4 is 18.9 Å². The molecule has 30 heavy (non-hydrogen) atoms. The fourth-order valence-corrected chi connectivity index (χ4v) is 4.52. The number of hydrogen-bond acceptors (Lipinski definition) is 4. The maximum absolute atomic E-state index is 11.9. The number of fused-ring (bicyclic) bond motifs is 2. The first-order valence-electron chi connectivity index (χ1n) is 9.99. The Morgan fingerprint density at radius 1 is 1.13 bits per heavy atom. The topological polar surface area (TPSA) is 44.1 Å². The third-order valence-electron chi connectivity index (χ3n) is 5.47. The van der Waals surface area contributed by atoms with Crippen LogP contribution in [0.4, 0.5) is 0 Å². The minimum absolute atomic E-state index is 0. The Hall–Kier alpha value is -2.19. The fourth-order valence-electron chi connectivity index (χ4n) is 3.76. The number of hydrogen-bond donors (Lipinski definition) is 0. The van der Waals surface area contributed by atoms with Crippen molar-refractivity contribution in [2.45, 2.75) is 37.5 Å². The van der Waals surface area contributed by atoms with Gasteiger partial charge in [-0.15, -0.1) is 0 Å². The summed E-state index contributed by atoms with van der Waals surface area (Å²) in [5.41, 5.74) is 3.62. The maximum Gasteiger partial charge on any atom is 1.00 e. The summed E-state index contributed by atoms with van der Waals surface area (Å²) in [6.45, 7) is 3.67. The van der Waals surface area contributed by atoms with Crippen molar-refractivity contribution in [2.24, 2.45) is 5.92 Å². The Morgan fingerprint density at radius 2 is 1.90 bits per heavy atom. The minimum Gasteiger partial charge on any atom is -1.00 e. The van der Waals surface area contributed by atoms with Gasteiger partial charge in [0.05, 0.1) is 34.1 Å². The molecule has 6 heteroatoms. The quantitative estimate of drug-likeness (QED) is 0.374. The maximum atomic E-state index is 11.9. The Bertz CT molecular complexity index is 1240. The van der Waals surface area contributed by atoms with Crippen LogP contribution in [0.25, 0.3) is 27.4 Å². The molecule has 2 aromatic carbocycles. The van der Waals surface area contributed by atoms with Crippen molar-refractivity contribution in [1.82, 2.24) is 9.55 Å². The van der Waals surface area contributed by atoms with Crippen molar-refractivity contribution in [3.05, 3.63) is 66.6 Å². The molecule has 148 valence electrons. The zero-order valence-electron chi connectivity index (χ0n) is 18.5. The second-order valence-electron chi connectivity index (χ2n) is 7.89. The number of aromatic nitrogens is 2. The van der Waals surface area contributed by atoms with E-state index in [-0.39, 0.29) is 32.2 Å². The molecular formula is C24H23LiN2O2S. The summed E-state index contributed by atoms with van der Waals surface area (Å²) >= 11 is 1.11. The van der Waals surface area contributed by atoms with E-state index in [0.717, 1.165) is 33.5 Å². The first-order chi connectivity index (χ1) is 14.1. The predicted molar refractivity (Wildman–Crippen MR) is 118 cm³/mol. The van der Waals surface area contributed by atoms with Gasteiger partial charge in [-0.3, -0.25) is 9.78 Å². The van der Waals surface area contributed by atoms with E-state index in [1.807, 2.05) is 32.3 Å². The number of benzene rings is 2. The largest absolute Gasteiger partial charge is 1.00 e. The molecule has 0 radical (unpaired) electrons. The van der Waals surface area contributed by atoms with Gasteiger partial charge < -0.3 is 10.2 Å². The molecule has 1 aliphatic carbocycles. The number of rotatable bonds is 5. The van der Waals surface area contributed by atoms with Gasteiger partial charge in [0.15, 0.2) is 0 Å². The number of carbonyl (C=O) groups is 1. The predicted octanol–water partition coefficient (Wildman–Crippen LogP) is 3.38. The fraction of sp³-hybridized carbons (Fsp3) is 0.250. The van der Waals surface area contributed by atoms with Gasteiger partial charge in [0.25, 0.3) is 0 Å². The van der Waals surface area contributed by atoms with Crippen molar-refractivity contribution >= 4 is 39.7 Å². The van der Waals surface area contributed by atoms with E-state index in [1.54, 1.807) is 6.20 Å². The van der Waals surface area contributed by atoms with Crippen molar-refractivity contribution in [2.75, 3.05) is 0 Å². The minimum atomic E-state index is -0.223. The van der Waals surface area contributed by atoms with Crippen LogP contribution in [0.15, 0.2) is 66.0 Å². The molecule has 0 saturated heterocycles. The average molecular weight is 410 g/mol. The van der Waals surface area contributed by atoms with Gasteiger partial charge in [-0.2, -0.15) is 0 Å².